The molecule has 0 radical (unpaired) electrons. The number of halogens is 4. The van der Waals surface area contributed by atoms with E-state index in [9.17, 15) is 17.6 Å². The second kappa shape index (κ2) is 6.72. The van der Waals surface area contributed by atoms with Gasteiger partial charge in [0.1, 0.15) is 11.5 Å². The third-order valence-electron chi connectivity index (χ3n) is 4.23. The Bertz CT molecular complexity index is 952. The fraction of sp³-hybridized carbons (Fsp3) is 0.375. The van der Waals surface area contributed by atoms with Crippen LogP contribution in [0.25, 0.3) is 11.5 Å². The highest BCUT2D eigenvalue weighted by Crippen LogP contribution is 2.33. The molecule has 142 valence electrons. The molecule has 3 heterocycles. The zero-order chi connectivity index (χ0) is 19.0. The van der Waals surface area contributed by atoms with Crippen molar-refractivity contribution in [3.05, 3.63) is 47.4 Å². The molecular formula is C16H13F4N5O2. The lowest BCUT2D eigenvalue weighted by molar-refractivity contribution is 0.108. The van der Waals surface area contributed by atoms with Crippen molar-refractivity contribution >= 4 is 0 Å². The van der Waals surface area contributed by atoms with Gasteiger partial charge in [-0.25, -0.2) is 13.5 Å². The van der Waals surface area contributed by atoms with E-state index in [1.54, 1.807) is 0 Å². The second-order valence-corrected chi connectivity index (χ2v) is 6.12. The normalized spacial score (nSPS) is 19.9. The average Bonchev–Trinajstić information content (AvgIpc) is 3.37. The van der Waals surface area contributed by atoms with Gasteiger partial charge in [-0.2, -0.15) is 8.78 Å². The largest absolute Gasteiger partial charge is 0.415 e. The lowest BCUT2D eigenvalue weighted by Crippen LogP contribution is -2.20. The molecule has 1 aliphatic rings. The smallest absolute Gasteiger partial charge is 0.314 e. The van der Waals surface area contributed by atoms with Gasteiger partial charge in [-0.05, 0) is 12.1 Å². The van der Waals surface area contributed by atoms with E-state index in [0.717, 1.165) is 6.07 Å². The van der Waals surface area contributed by atoms with E-state index in [2.05, 4.69) is 20.5 Å². The molecular weight excluding hydrogens is 370 g/mol. The van der Waals surface area contributed by atoms with Crippen LogP contribution in [-0.2, 0) is 17.0 Å². The minimum absolute atomic E-state index is 0.0160. The summed E-state index contributed by atoms with van der Waals surface area (Å²) in [7, 11) is 0. The van der Waals surface area contributed by atoms with Crippen LogP contribution in [0.1, 0.15) is 30.0 Å². The summed E-state index contributed by atoms with van der Waals surface area (Å²) in [6.07, 6.45) is -1.30. The molecule has 1 atom stereocenters. The van der Waals surface area contributed by atoms with E-state index in [0.29, 0.717) is 6.61 Å². The van der Waals surface area contributed by atoms with Gasteiger partial charge >= 0.3 is 6.43 Å². The van der Waals surface area contributed by atoms with Crippen molar-refractivity contribution in [2.45, 2.75) is 25.1 Å². The van der Waals surface area contributed by atoms with Gasteiger partial charge in [0, 0.05) is 17.5 Å². The van der Waals surface area contributed by atoms with Crippen LogP contribution in [0.3, 0.4) is 0 Å². The van der Waals surface area contributed by atoms with Crippen molar-refractivity contribution in [1.29, 1.82) is 0 Å². The van der Waals surface area contributed by atoms with Crippen LogP contribution in [0, 0.1) is 5.82 Å². The average molecular weight is 383 g/mol. The molecule has 11 heteroatoms. The van der Waals surface area contributed by atoms with E-state index in [1.165, 1.54) is 23.0 Å². The van der Waals surface area contributed by atoms with Gasteiger partial charge in [0.05, 0.1) is 26.0 Å². The first kappa shape index (κ1) is 17.6. The molecule has 0 N–H and O–H groups in total. The Hall–Kier alpha value is -2.82. The molecule has 0 aliphatic carbocycles. The molecule has 27 heavy (non-hydrogen) atoms. The monoisotopic (exact) mass is 383 g/mol. The third-order valence-corrected chi connectivity index (χ3v) is 4.23. The van der Waals surface area contributed by atoms with E-state index in [-0.39, 0.29) is 42.3 Å². The van der Waals surface area contributed by atoms with Crippen LogP contribution in [0.5, 0.6) is 0 Å². The van der Waals surface area contributed by atoms with Crippen molar-refractivity contribution in [3.63, 3.8) is 0 Å². The van der Waals surface area contributed by atoms with E-state index >= 15 is 0 Å². The van der Waals surface area contributed by atoms with Crippen molar-refractivity contribution in [3.8, 4) is 11.5 Å². The van der Waals surface area contributed by atoms with Gasteiger partial charge in [0.15, 0.2) is 5.67 Å². The molecule has 0 bridgehead atoms. The van der Waals surface area contributed by atoms with Gasteiger partial charge in [0.2, 0.25) is 5.89 Å². The molecule has 0 saturated carbocycles. The van der Waals surface area contributed by atoms with Crippen LogP contribution in [0.15, 0.2) is 28.8 Å². The Morgan fingerprint density at radius 1 is 1.22 bits per heavy atom. The Morgan fingerprint density at radius 2 is 2.07 bits per heavy atom. The van der Waals surface area contributed by atoms with Gasteiger partial charge < -0.3 is 9.15 Å². The second-order valence-electron chi connectivity index (χ2n) is 6.12. The van der Waals surface area contributed by atoms with Crippen molar-refractivity contribution < 1.29 is 26.7 Å². The summed E-state index contributed by atoms with van der Waals surface area (Å²) in [5.41, 5.74) is -1.12. The van der Waals surface area contributed by atoms with Crippen LogP contribution in [0.4, 0.5) is 17.6 Å². The van der Waals surface area contributed by atoms with Gasteiger partial charge in [0.25, 0.3) is 5.89 Å². The number of benzene rings is 1. The van der Waals surface area contributed by atoms with Crippen LogP contribution in [0.2, 0.25) is 0 Å². The third kappa shape index (κ3) is 3.42. The molecule has 1 saturated heterocycles. The summed E-state index contributed by atoms with van der Waals surface area (Å²) in [5.74, 6) is -1.67. The minimum Gasteiger partial charge on any atom is -0.415 e. The Balaban J connectivity index is 1.52. The molecule has 1 aliphatic heterocycles. The standard InChI is InChI=1S/C16H13F4N5O2/c17-11-5-9(14-22-23-15(27-14)13(18)19)1-2-10(11)6-25-7-12(21-24-25)16(20)3-4-26-8-16/h1-2,5,7,13H,3-4,6,8H2. The highest BCUT2D eigenvalue weighted by molar-refractivity contribution is 5.53. The van der Waals surface area contributed by atoms with Gasteiger partial charge in [-0.15, -0.1) is 15.3 Å². The highest BCUT2D eigenvalue weighted by Gasteiger charge is 2.39. The number of aromatic nitrogens is 5. The Morgan fingerprint density at radius 3 is 2.74 bits per heavy atom. The molecule has 2 aromatic heterocycles. The molecule has 1 fully saturated rings. The first-order valence-corrected chi connectivity index (χ1v) is 8.02. The molecule has 1 aromatic carbocycles. The number of hydrogen-bond acceptors (Lipinski definition) is 6. The van der Waals surface area contributed by atoms with Crippen molar-refractivity contribution in [1.82, 2.24) is 25.2 Å². The summed E-state index contributed by atoms with van der Waals surface area (Å²) >= 11 is 0. The number of rotatable bonds is 5. The van der Waals surface area contributed by atoms with E-state index in [1.807, 2.05) is 0 Å². The molecule has 0 amide bonds. The summed E-state index contributed by atoms with van der Waals surface area (Å²) < 4.78 is 65.1. The molecule has 7 nitrogen and oxygen atoms in total. The summed E-state index contributed by atoms with van der Waals surface area (Å²) in [4.78, 5) is 0. The Labute approximate surface area is 150 Å². The zero-order valence-electron chi connectivity index (χ0n) is 13.8. The van der Waals surface area contributed by atoms with Crippen LogP contribution >= 0.6 is 0 Å². The Kier molecular flexibility index (Phi) is 4.38. The fourth-order valence-corrected chi connectivity index (χ4v) is 2.75. The van der Waals surface area contributed by atoms with E-state index in [4.69, 9.17) is 9.15 Å². The predicted molar refractivity (Wildman–Crippen MR) is 82.0 cm³/mol. The summed E-state index contributed by atoms with van der Waals surface area (Å²) in [6.45, 7) is 0.240. The minimum atomic E-state index is -2.90. The maximum atomic E-state index is 14.6. The first-order chi connectivity index (χ1) is 12.9. The SMILES string of the molecule is Fc1cc(-c2nnc(C(F)F)o2)ccc1Cn1cc(C2(F)CCOC2)nn1. The summed E-state index contributed by atoms with van der Waals surface area (Å²) in [5, 5.41) is 14.3. The zero-order valence-corrected chi connectivity index (χ0v) is 13.8. The van der Waals surface area contributed by atoms with Crippen molar-refractivity contribution in [2.75, 3.05) is 13.2 Å². The lowest BCUT2D eigenvalue weighted by atomic mass is 10.0. The number of alkyl halides is 3. The fourth-order valence-electron chi connectivity index (χ4n) is 2.75. The number of hydrogen-bond donors (Lipinski definition) is 0. The quantitative estimate of drug-likeness (QED) is 0.630. The number of ether oxygens (including phenoxy) is 1. The van der Waals surface area contributed by atoms with Gasteiger partial charge in [-0.1, -0.05) is 11.3 Å². The topological polar surface area (TPSA) is 78.9 Å². The maximum absolute atomic E-state index is 14.6. The number of nitrogens with zero attached hydrogens (tertiary/aromatic N) is 5. The maximum Gasteiger partial charge on any atom is 0.314 e. The highest BCUT2D eigenvalue weighted by atomic mass is 19.3. The van der Waals surface area contributed by atoms with Crippen LogP contribution < -0.4 is 0 Å². The molecule has 0 spiro atoms. The summed E-state index contributed by atoms with van der Waals surface area (Å²) in [6, 6.07) is 3.99. The van der Waals surface area contributed by atoms with Crippen molar-refractivity contribution in [2.24, 2.45) is 0 Å². The molecule has 4 rings (SSSR count). The van der Waals surface area contributed by atoms with E-state index < -0.39 is 23.8 Å². The van der Waals surface area contributed by atoms with Gasteiger partial charge in [-0.3, -0.25) is 0 Å². The molecule has 1 unspecified atom stereocenters. The van der Waals surface area contributed by atoms with Crippen LogP contribution in [-0.4, -0.2) is 38.4 Å². The predicted octanol–water partition coefficient (Wildman–Crippen LogP) is 3.04. The molecule has 3 aromatic rings. The lowest BCUT2D eigenvalue weighted by Gasteiger charge is -2.12. The first-order valence-electron chi connectivity index (χ1n) is 8.02.